The summed E-state index contributed by atoms with van der Waals surface area (Å²) in [5, 5.41) is 13.0. The number of amides is 1. The maximum Gasteiger partial charge on any atom is 0.229 e. The lowest BCUT2D eigenvalue weighted by molar-refractivity contribution is -0.121. The van der Waals surface area contributed by atoms with Gasteiger partial charge in [0.25, 0.3) is 0 Å². The lowest BCUT2D eigenvalue weighted by atomic mass is 9.95. The number of nitrogens with one attached hydrogen (secondary N) is 1. The van der Waals surface area contributed by atoms with Gasteiger partial charge < -0.3 is 10.0 Å². The number of benzene rings is 1. The predicted octanol–water partition coefficient (Wildman–Crippen LogP) is 2.00. The number of hydrogen-bond acceptors (Lipinski definition) is 5. The monoisotopic (exact) mass is 344 g/mol. The van der Waals surface area contributed by atoms with Gasteiger partial charge in [-0.3, -0.25) is 10.1 Å². The van der Waals surface area contributed by atoms with Gasteiger partial charge >= 0.3 is 0 Å². The quantitative estimate of drug-likeness (QED) is 0.867. The Labute approximate surface area is 145 Å². The minimum atomic E-state index is -0.737. The topological polar surface area (TPSA) is 78.4 Å². The summed E-state index contributed by atoms with van der Waals surface area (Å²) >= 11 is 0. The zero-order valence-electron chi connectivity index (χ0n) is 13.8. The molecule has 3 rings (SSSR count). The average molecular weight is 344 g/mol. The van der Waals surface area contributed by atoms with Crippen molar-refractivity contribution in [2.75, 3.05) is 25.0 Å². The van der Waals surface area contributed by atoms with E-state index >= 15 is 0 Å². The number of aliphatic hydroxyl groups excluding tert-OH is 1. The number of hydrogen-bond donors (Lipinski definition) is 2. The van der Waals surface area contributed by atoms with Gasteiger partial charge in [0.15, 0.2) is 0 Å². The molecule has 0 spiro atoms. The normalized spacial score (nSPS) is 17.2. The number of rotatable bonds is 5. The van der Waals surface area contributed by atoms with Gasteiger partial charge in [0, 0.05) is 24.9 Å². The molecule has 7 heteroatoms. The number of carbonyl (C=O) groups is 1. The summed E-state index contributed by atoms with van der Waals surface area (Å²) in [6.45, 7) is 1.85. The summed E-state index contributed by atoms with van der Waals surface area (Å²) in [5.74, 6) is -0.200. The Morgan fingerprint density at radius 1 is 1.28 bits per heavy atom. The number of aromatic nitrogens is 2. The van der Waals surface area contributed by atoms with E-state index in [2.05, 4.69) is 20.2 Å². The molecule has 1 amide bonds. The standard InChI is InChI=1S/C18H21FN4O2/c19-15-4-1-3-14(11-15)16(24)12-23-9-5-13(6-10-23)17(25)22-18-20-7-2-8-21-18/h1-4,7-8,11,13,16,24H,5-6,9-10,12H2,(H,20,21,22,25)/t16-/m0/s1. The molecule has 2 N–H and O–H groups in total. The second kappa shape index (κ2) is 8.13. The number of halogens is 1. The van der Waals surface area contributed by atoms with E-state index in [4.69, 9.17) is 0 Å². The number of likely N-dealkylation sites (tertiary alicyclic amines) is 1. The minimum absolute atomic E-state index is 0.0727. The van der Waals surface area contributed by atoms with Gasteiger partial charge in [-0.15, -0.1) is 0 Å². The molecule has 0 radical (unpaired) electrons. The first kappa shape index (κ1) is 17.4. The number of aliphatic hydroxyl groups is 1. The van der Waals surface area contributed by atoms with Crippen LogP contribution < -0.4 is 5.32 Å². The average Bonchev–Trinajstić information content (AvgIpc) is 2.63. The largest absolute Gasteiger partial charge is 0.387 e. The minimum Gasteiger partial charge on any atom is -0.387 e. The molecule has 1 aromatic heterocycles. The van der Waals surface area contributed by atoms with Crippen LogP contribution in [0.25, 0.3) is 0 Å². The molecule has 25 heavy (non-hydrogen) atoms. The lowest BCUT2D eigenvalue weighted by Gasteiger charge is -2.32. The number of nitrogens with zero attached hydrogens (tertiary/aromatic N) is 3. The van der Waals surface area contributed by atoms with Gasteiger partial charge in [-0.25, -0.2) is 14.4 Å². The van der Waals surface area contributed by atoms with E-state index < -0.39 is 6.10 Å². The zero-order chi connectivity index (χ0) is 17.6. The van der Waals surface area contributed by atoms with Crippen LogP contribution in [0.1, 0.15) is 24.5 Å². The van der Waals surface area contributed by atoms with Gasteiger partial charge in [0.1, 0.15) is 5.82 Å². The maximum absolute atomic E-state index is 13.2. The van der Waals surface area contributed by atoms with Crippen molar-refractivity contribution in [2.45, 2.75) is 18.9 Å². The second-order valence-electron chi connectivity index (χ2n) is 6.21. The fourth-order valence-electron chi connectivity index (χ4n) is 3.02. The molecule has 2 aromatic rings. The summed E-state index contributed by atoms with van der Waals surface area (Å²) in [6.07, 6.45) is 3.83. The van der Waals surface area contributed by atoms with Crippen molar-refractivity contribution in [1.82, 2.24) is 14.9 Å². The first-order chi connectivity index (χ1) is 12.1. The van der Waals surface area contributed by atoms with Gasteiger partial charge in [-0.1, -0.05) is 12.1 Å². The van der Waals surface area contributed by atoms with Crippen LogP contribution in [0.2, 0.25) is 0 Å². The van der Waals surface area contributed by atoms with E-state index in [1.54, 1.807) is 30.6 Å². The van der Waals surface area contributed by atoms with Crippen LogP contribution in [0.15, 0.2) is 42.7 Å². The number of anilines is 1. The Kier molecular flexibility index (Phi) is 5.67. The van der Waals surface area contributed by atoms with Crippen LogP contribution >= 0.6 is 0 Å². The Morgan fingerprint density at radius 2 is 2.00 bits per heavy atom. The Hall–Kier alpha value is -2.38. The van der Waals surface area contributed by atoms with E-state index in [0.717, 1.165) is 0 Å². The first-order valence-corrected chi connectivity index (χ1v) is 8.35. The smallest absolute Gasteiger partial charge is 0.229 e. The third-order valence-corrected chi connectivity index (χ3v) is 4.42. The Bertz CT molecular complexity index is 705. The van der Waals surface area contributed by atoms with Crippen molar-refractivity contribution in [3.05, 3.63) is 54.1 Å². The van der Waals surface area contributed by atoms with Crippen molar-refractivity contribution in [1.29, 1.82) is 0 Å². The highest BCUT2D eigenvalue weighted by Crippen LogP contribution is 2.22. The fourth-order valence-corrected chi connectivity index (χ4v) is 3.02. The number of piperidine rings is 1. The van der Waals surface area contributed by atoms with E-state index in [1.165, 1.54) is 12.1 Å². The molecule has 2 heterocycles. The van der Waals surface area contributed by atoms with Gasteiger partial charge in [0.05, 0.1) is 6.10 Å². The van der Waals surface area contributed by atoms with Gasteiger partial charge in [-0.2, -0.15) is 0 Å². The summed E-state index contributed by atoms with van der Waals surface area (Å²) in [5.41, 5.74) is 0.570. The lowest BCUT2D eigenvalue weighted by Crippen LogP contribution is -2.40. The van der Waals surface area contributed by atoms with Crippen LogP contribution in [0.4, 0.5) is 10.3 Å². The summed E-state index contributed by atoms with van der Waals surface area (Å²) in [4.78, 5) is 22.3. The highest BCUT2D eigenvalue weighted by atomic mass is 19.1. The SMILES string of the molecule is O=C(Nc1ncccn1)C1CCN(C[C@H](O)c2cccc(F)c2)CC1. The maximum atomic E-state index is 13.2. The van der Waals surface area contributed by atoms with Crippen molar-refractivity contribution < 1.29 is 14.3 Å². The molecule has 1 aromatic carbocycles. The van der Waals surface area contributed by atoms with Crippen LogP contribution in [0.3, 0.4) is 0 Å². The molecule has 1 atom stereocenters. The zero-order valence-corrected chi connectivity index (χ0v) is 13.8. The van der Waals surface area contributed by atoms with Gasteiger partial charge in [0.2, 0.25) is 11.9 Å². The number of β-amino-alcohol motifs (C(OH)–C–C–N with tert-alkyl or cyclic N) is 1. The Balaban J connectivity index is 1.47. The molecule has 0 bridgehead atoms. The van der Waals surface area contributed by atoms with Gasteiger partial charge in [-0.05, 0) is 49.7 Å². The molecular weight excluding hydrogens is 323 g/mol. The third-order valence-electron chi connectivity index (χ3n) is 4.42. The molecule has 6 nitrogen and oxygen atoms in total. The molecule has 1 aliphatic rings. The molecule has 0 aliphatic carbocycles. The Morgan fingerprint density at radius 3 is 2.68 bits per heavy atom. The van der Waals surface area contributed by atoms with Crippen LogP contribution in [-0.2, 0) is 4.79 Å². The van der Waals surface area contributed by atoms with E-state index in [1.807, 2.05) is 0 Å². The van der Waals surface area contributed by atoms with Crippen LogP contribution in [-0.4, -0.2) is 45.5 Å². The van der Waals surface area contributed by atoms with Crippen LogP contribution in [0.5, 0.6) is 0 Å². The molecule has 1 aliphatic heterocycles. The highest BCUT2D eigenvalue weighted by Gasteiger charge is 2.26. The molecular formula is C18H21FN4O2. The molecule has 132 valence electrons. The fraction of sp³-hybridized carbons (Fsp3) is 0.389. The van der Waals surface area contributed by atoms with E-state index in [-0.39, 0.29) is 17.6 Å². The number of carbonyl (C=O) groups excluding carboxylic acids is 1. The predicted molar refractivity (Wildman–Crippen MR) is 91.2 cm³/mol. The molecule has 0 saturated carbocycles. The van der Waals surface area contributed by atoms with Crippen molar-refractivity contribution in [3.8, 4) is 0 Å². The van der Waals surface area contributed by atoms with Crippen molar-refractivity contribution in [3.63, 3.8) is 0 Å². The summed E-state index contributed by atoms with van der Waals surface area (Å²) in [7, 11) is 0. The molecule has 1 fully saturated rings. The van der Waals surface area contributed by atoms with Crippen molar-refractivity contribution >= 4 is 11.9 Å². The third kappa shape index (κ3) is 4.80. The second-order valence-corrected chi connectivity index (χ2v) is 6.21. The molecule has 0 unspecified atom stereocenters. The van der Waals surface area contributed by atoms with Crippen molar-refractivity contribution in [2.24, 2.45) is 5.92 Å². The summed E-state index contributed by atoms with van der Waals surface area (Å²) in [6, 6.07) is 7.71. The van der Waals surface area contributed by atoms with Crippen LogP contribution in [0, 0.1) is 11.7 Å². The highest BCUT2D eigenvalue weighted by molar-refractivity contribution is 5.90. The van der Waals surface area contributed by atoms with E-state index in [9.17, 15) is 14.3 Å². The first-order valence-electron chi connectivity index (χ1n) is 8.35. The summed E-state index contributed by atoms with van der Waals surface area (Å²) < 4.78 is 13.2. The van der Waals surface area contributed by atoms with E-state index in [0.29, 0.717) is 44.0 Å². The molecule has 1 saturated heterocycles.